The summed E-state index contributed by atoms with van der Waals surface area (Å²) >= 11 is 0. The van der Waals surface area contributed by atoms with Crippen molar-refractivity contribution in [1.82, 2.24) is 4.57 Å². The maximum Gasteiger partial charge on any atom is 0.0541 e. The maximum atomic E-state index is 2.41. The van der Waals surface area contributed by atoms with E-state index in [0.29, 0.717) is 0 Å². The number of nitrogens with zero attached hydrogens (tertiary/aromatic N) is 2. The van der Waals surface area contributed by atoms with E-state index < -0.39 is 0 Å². The summed E-state index contributed by atoms with van der Waals surface area (Å²) in [5.74, 6) is 0. The lowest BCUT2D eigenvalue weighted by molar-refractivity contribution is 1.18. The summed E-state index contributed by atoms with van der Waals surface area (Å²) in [6.45, 7) is 0. The quantitative estimate of drug-likeness (QED) is 0.140. The van der Waals surface area contributed by atoms with Crippen molar-refractivity contribution in [1.29, 1.82) is 0 Å². The highest BCUT2D eigenvalue weighted by Crippen LogP contribution is 2.40. The molecule has 2 nitrogen and oxygen atoms in total. The molecule has 0 N–H and O–H groups in total. The lowest BCUT2D eigenvalue weighted by Crippen LogP contribution is -2.09. The molecule has 2 heteroatoms. The van der Waals surface area contributed by atoms with Crippen LogP contribution in [-0.4, -0.2) is 4.57 Å². The van der Waals surface area contributed by atoms with Crippen LogP contribution in [0.4, 0.5) is 17.1 Å². The molecule has 0 fully saturated rings. The van der Waals surface area contributed by atoms with Gasteiger partial charge in [0.25, 0.3) is 0 Å². The third kappa shape index (κ3) is 7.49. The summed E-state index contributed by atoms with van der Waals surface area (Å²) in [5, 5.41) is 7.53. The van der Waals surface area contributed by atoms with Crippen molar-refractivity contribution >= 4 is 60.4 Å². The molecule has 0 bridgehead atoms. The van der Waals surface area contributed by atoms with Crippen LogP contribution in [0.5, 0.6) is 0 Å². The van der Waals surface area contributed by atoms with Gasteiger partial charge in [0.1, 0.15) is 0 Å². The third-order valence-electron chi connectivity index (χ3n) is 14.0. The topological polar surface area (TPSA) is 8.17 Å². The van der Waals surface area contributed by atoms with E-state index in [2.05, 4.69) is 289 Å². The van der Waals surface area contributed by atoms with Crippen LogP contribution in [0.15, 0.2) is 279 Å². The van der Waals surface area contributed by atoms with Gasteiger partial charge in [-0.15, -0.1) is 0 Å². The Hall–Kier alpha value is -9.24. The van der Waals surface area contributed by atoms with Gasteiger partial charge >= 0.3 is 0 Å². The second-order valence-electron chi connectivity index (χ2n) is 18.1. The van der Waals surface area contributed by atoms with E-state index >= 15 is 0 Å². The summed E-state index contributed by atoms with van der Waals surface area (Å²) in [6, 6.07) is 102. The molecule has 0 spiro atoms. The molecule has 12 aromatic carbocycles. The predicted molar refractivity (Wildman–Crippen MR) is 298 cm³/mol. The lowest BCUT2D eigenvalue weighted by atomic mass is 9.98. The van der Waals surface area contributed by atoms with Gasteiger partial charge in [-0.05, 0) is 138 Å². The second-order valence-corrected chi connectivity index (χ2v) is 18.1. The zero-order valence-corrected chi connectivity index (χ0v) is 38.5. The van der Waals surface area contributed by atoms with Gasteiger partial charge in [-0.25, -0.2) is 0 Å². The van der Waals surface area contributed by atoms with E-state index in [1.165, 1.54) is 105 Å². The number of aromatic nitrogens is 1. The number of para-hydroxylation sites is 3. The van der Waals surface area contributed by atoms with Gasteiger partial charge in [-0.3, -0.25) is 0 Å². The van der Waals surface area contributed by atoms with E-state index in [-0.39, 0.29) is 0 Å². The zero-order valence-electron chi connectivity index (χ0n) is 38.5. The number of fused-ring (bicyclic) bond motifs is 5. The van der Waals surface area contributed by atoms with Crippen molar-refractivity contribution in [3.63, 3.8) is 0 Å². The van der Waals surface area contributed by atoms with E-state index in [0.717, 1.165) is 17.1 Å². The van der Waals surface area contributed by atoms with Gasteiger partial charge in [0, 0.05) is 33.4 Å². The number of benzene rings is 12. The number of anilines is 3. The van der Waals surface area contributed by atoms with Crippen molar-refractivity contribution in [2.24, 2.45) is 0 Å². The van der Waals surface area contributed by atoms with E-state index in [1.807, 2.05) is 0 Å². The summed E-state index contributed by atoms with van der Waals surface area (Å²) in [7, 11) is 0. The zero-order chi connectivity index (χ0) is 46.4. The highest BCUT2D eigenvalue weighted by atomic mass is 15.1. The molecule has 1 aromatic heterocycles. The molecule has 0 radical (unpaired) electrons. The third-order valence-corrected chi connectivity index (χ3v) is 14.0. The average Bonchev–Trinajstić information content (AvgIpc) is 3.78. The van der Waals surface area contributed by atoms with Gasteiger partial charge < -0.3 is 9.47 Å². The van der Waals surface area contributed by atoms with Crippen LogP contribution in [0.1, 0.15) is 0 Å². The van der Waals surface area contributed by atoms with Crippen LogP contribution in [0.3, 0.4) is 0 Å². The molecular formula is C68H46N2. The lowest BCUT2D eigenvalue weighted by Gasteiger charge is -2.26. The first-order valence-corrected chi connectivity index (χ1v) is 24.1. The molecule has 0 atom stereocenters. The monoisotopic (exact) mass is 890 g/mol. The molecule has 0 saturated heterocycles. The minimum atomic E-state index is 1.09. The standard InChI is InChI=1S/C68H46N2/c1-3-13-56-45-58(31-27-47(56)11-1)53-23-21-49(22-24-53)51-33-39-60(40-34-51)69(62-43-37-54(38-44-62)59-32-28-48-12-2-4-14-57(48)46-59)61-41-35-52(36-42-61)50-25-29-55(30-26-50)63-15-5-8-18-66(63)70-67-19-9-6-16-64(67)65-17-7-10-20-68(65)70/h1-46H. The van der Waals surface area contributed by atoms with Crippen LogP contribution >= 0.6 is 0 Å². The van der Waals surface area contributed by atoms with E-state index in [1.54, 1.807) is 0 Å². The smallest absolute Gasteiger partial charge is 0.0541 e. The summed E-state index contributed by atoms with van der Waals surface area (Å²) in [5.41, 5.74) is 18.8. The summed E-state index contributed by atoms with van der Waals surface area (Å²) in [4.78, 5) is 2.36. The first-order valence-electron chi connectivity index (χ1n) is 24.1. The average molecular weight is 891 g/mol. The Labute approximate surface area is 408 Å². The molecule has 328 valence electrons. The van der Waals surface area contributed by atoms with Crippen LogP contribution in [0.25, 0.3) is 105 Å². The van der Waals surface area contributed by atoms with Gasteiger partial charge in [-0.2, -0.15) is 0 Å². The van der Waals surface area contributed by atoms with Gasteiger partial charge in [0.2, 0.25) is 0 Å². The molecule has 0 saturated carbocycles. The molecule has 0 amide bonds. The minimum Gasteiger partial charge on any atom is -0.311 e. The SMILES string of the molecule is c1ccc(-n2c3ccccc3c3ccccc32)c(-c2ccc(-c3ccc(N(c4ccc(-c5ccc(-c6ccc7ccccc7c6)cc5)cc4)c4ccc(-c5ccc6ccccc6c5)cc4)cc3)cc2)c1. The van der Waals surface area contributed by atoms with Gasteiger partial charge in [0.05, 0.1) is 16.7 Å². The van der Waals surface area contributed by atoms with Crippen molar-refractivity contribution < 1.29 is 0 Å². The summed E-state index contributed by atoms with van der Waals surface area (Å²) < 4.78 is 2.41. The predicted octanol–water partition coefficient (Wildman–Crippen LogP) is 18.9. The Balaban J connectivity index is 0.814. The molecule has 0 aliphatic carbocycles. The van der Waals surface area contributed by atoms with Crippen molar-refractivity contribution in [2.45, 2.75) is 0 Å². The first-order chi connectivity index (χ1) is 34.7. The van der Waals surface area contributed by atoms with Crippen molar-refractivity contribution in [2.75, 3.05) is 4.90 Å². The highest BCUT2D eigenvalue weighted by Gasteiger charge is 2.17. The molecule has 0 unspecified atom stereocenters. The molecule has 13 aromatic rings. The number of rotatable bonds is 9. The Morgan fingerprint density at radius 1 is 0.229 bits per heavy atom. The Bertz CT molecular complexity index is 3960. The highest BCUT2D eigenvalue weighted by molar-refractivity contribution is 6.09. The van der Waals surface area contributed by atoms with Crippen molar-refractivity contribution in [3.8, 4) is 61.3 Å². The molecule has 1 heterocycles. The molecule has 70 heavy (non-hydrogen) atoms. The number of hydrogen-bond acceptors (Lipinski definition) is 1. The van der Waals surface area contributed by atoms with Gasteiger partial charge in [-0.1, -0.05) is 212 Å². The van der Waals surface area contributed by atoms with Crippen LogP contribution in [-0.2, 0) is 0 Å². The molecule has 0 aliphatic heterocycles. The van der Waals surface area contributed by atoms with E-state index in [9.17, 15) is 0 Å². The Morgan fingerprint density at radius 2 is 0.543 bits per heavy atom. The minimum absolute atomic E-state index is 1.09. The first kappa shape index (κ1) is 41.0. The second kappa shape index (κ2) is 17.4. The largest absolute Gasteiger partial charge is 0.311 e. The molecule has 13 rings (SSSR count). The van der Waals surface area contributed by atoms with Crippen LogP contribution in [0.2, 0.25) is 0 Å². The maximum absolute atomic E-state index is 2.41. The Morgan fingerprint density at radius 3 is 0.986 bits per heavy atom. The van der Waals surface area contributed by atoms with Crippen LogP contribution in [0, 0.1) is 0 Å². The van der Waals surface area contributed by atoms with Crippen molar-refractivity contribution in [3.05, 3.63) is 279 Å². The van der Waals surface area contributed by atoms with E-state index in [4.69, 9.17) is 0 Å². The Kier molecular flexibility index (Phi) is 10.2. The van der Waals surface area contributed by atoms with Crippen LogP contribution < -0.4 is 4.90 Å². The fourth-order valence-electron chi connectivity index (χ4n) is 10.4. The summed E-state index contributed by atoms with van der Waals surface area (Å²) in [6.07, 6.45) is 0. The fourth-order valence-corrected chi connectivity index (χ4v) is 10.4. The van der Waals surface area contributed by atoms with Gasteiger partial charge in [0.15, 0.2) is 0 Å². The molecular weight excluding hydrogens is 845 g/mol. The fraction of sp³-hybridized carbons (Fsp3) is 0. The normalized spacial score (nSPS) is 11.4. The molecule has 0 aliphatic rings. The number of hydrogen-bond donors (Lipinski definition) is 0.